The van der Waals surface area contributed by atoms with Crippen LogP contribution in [0.2, 0.25) is 0 Å². The van der Waals surface area contributed by atoms with Crippen molar-refractivity contribution < 1.29 is 22.7 Å². The Kier molecular flexibility index (Phi) is 6.72. The summed E-state index contributed by atoms with van der Waals surface area (Å²) in [6, 6.07) is 10.6. The molecule has 0 spiro atoms. The second kappa shape index (κ2) is 9.55. The fourth-order valence-corrected chi connectivity index (χ4v) is 6.21. The first-order valence-corrected chi connectivity index (χ1v) is 12.5. The molecule has 1 fully saturated rings. The lowest BCUT2D eigenvalue weighted by atomic mass is 9.94. The van der Waals surface area contributed by atoms with E-state index in [4.69, 9.17) is 9.47 Å². The molecule has 0 aliphatic carbocycles. The third-order valence-corrected chi connectivity index (χ3v) is 7.68. The van der Waals surface area contributed by atoms with Gasteiger partial charge in [-0.3, -0.25) is 9.20 Å². The molecule has 0 radical (unpaired) electrons. The highest BCUT2D eigenvalue weighted by Gasteiger charge is 2.34. The number of nitrogens with zero attached hydrogens (tertiary/aromatic N) is 3. The van der Waals surface area contributed by atoms with Gasteiger partial charge < -0.3 is 9.47 Å². The van der Waals surface area contributed by atoms with Crippen LogP contribution in [0.1, 0.15) is 36.3 Å². The zero-order valence-electron chi connectivity index (χ0n) is 19.3. The van der Waals surface area contributed by atoms with E-state index in [1.165, 1.54) is 40.1 Å². The van der Waals surface area contributed by atoms with Crippen LogP contribution in [0.5, 0.6) is 5.75 Å². The van der Waals surface area contributed by atoms with Crippen molar-refractivity contribution in [2.24, 2.45) is 11.8 Å². The van der Waals surface area contributed by atoms with Gasteiger partial charge in [-0.2, -0.15) is 4.31 Å². The number of pyridine rings is 1. The second-order valence-electron chi connectivity index (χ2n) is 8.72. The lowest BCUT2D eigenvalue weighted by Crippen LogP contribution is -2.42. The Morgan fingerprint density at radius 3 is 2.56 bits per heavy atom. The minimum atomic E-state index is -3.88. The van der Waals surface area contributed by atoms with Gasteiger partial charge in [-0.05, 0) is 48.6 Å². The van der Waals surface area contributed by atoms with Crippen molar-refractivity contribution in [2.75, 3.05) is 20.2 Å². The van der Waals surface area contributed by atoms with Crippen molar-refractivity contribution in [1.29, 1.82) is 0 Å². The first-order valence-electron chi connectivity index (χ1n) is 11.0. The quantitative estimate of drug-likeness (QED) is 0.494. The van der Waals surface area contributed by atoms with Crippen LogP contribution in [-0.2, 0) is 21.4 Å². The van der Waals surface area contributed by atoms with Crippen LogP contribution in [0, 0.1) is 11.8 Å². The maximum absolute atomic E-state index is 13.4. The molecule has 1 aliphatic rings. The topological polar surface area (TPSA) is 107 Å². The largest absolute Gasteiger partial charge is 0.495 e. The van der Waals surface area contributed by atoms with Crippen LogP contribution >= 0.6 is 0 Å². The highest BCUT2D eigenvalue weighted by atomic mass is 32.2. The molecule has 1 aliphatic heterocycles. The molecule has 10 heteroatoms. The van der Waals surface area contributed by atoms with E-state index in [0.717, 1.165) is 6.42 Å². The van der Waals surface area contributed by atoms with E-state index in [0.29, 0.717) is 24.4 Å². The maximum atomic E-state index is 13.4. The zero-order valence-corrected chi connectivity index (χ0v) is 20.1. The average Bonchev–Trinajstić information content (AvgIpc) is 2.81. The Morgan fingerprint density at radius 1 is 1.12 bits per heavy atom. The molecule has 0 saturated carbocycles. The highest BCUT2D eigenvalue weighted by molar-refractivity contribution is 7.89. The summed E-state index contributed by atoms with van der Waals surface area (Å²) < 4.78 is 40.3. The summed E-state index contributed by atoms with van der Waals surface area (Å²) >= 11 is 0. The van der Waals surface area contributed by atoms with Crippen LogP contribution in [0.25, 0.3) is 5.65 Å². The molecular weight excluding hydrogens is 458 g/mol. The number of carbonyl (C=O) groups is 1. The maximum Gasteiger partial charge on any atom is 0.338 e. The Balaban J connectivity index is 1.57. The summed E-state index contributed by atoms with van der Waals surface area (Å²) in [7, 11) is -2.49. The third-order valence-electron chi connectivity index (χ3n) is 5.83. The van der Waals surface area contributed by atoms with Crippen molar-refractivity contribution in [3.63, 3.8) is 0 Å². The molecule has 2 atom stereocenters. The van der Waals surface area contributed by atoms with Crippen LogP contribution in [0.4, 0.5) is 0 Å². The number of hydrogen-bond acceptors (Lipinski definition) is 7. The van der Waals surface area contributed by atoms with Gasteiger partial charge in [-0.25, -0.2) is 18.2 Å². The first kappa shape index (κ1) is 23.9. The van der Waals surface area contributed by atoms with E-state index in [9.17, 15) is 18.0 Å². The summed E-state index contributed by atoms with van der Waals surface area (Å²) in [5.74, 6) is -0.103. The van der Waals surface area contributed by atoms with Gasteiger partial charge in [0, 0.05) is 25.4 Å². The first-order chi connectivity index (χ1) is 16.2. The van der Waals surface area contributed by atoms with E-state index in [-0.39, 0.29) is 40.2 Å². The molecule has 0 bridgehead atoms. The fraction of sp³-hybridized carbons (Fsp3) is 0.375. The molecule has 0 N–H and O–H groups in total. The number of carbonyl (C=O) groups excluding carboxylic acids is 1. The summed E-state index contributed by atoms with van der Waals surface area (Å²) in [5.41, 5.74) is 0.500. The number of aromatic nitrogens is 2. The highest BCUT2D eigenvalue weighted by Crippen LogP contribution is 2.32. The minimum Gasteiger partial charge on any atom is -0.495 e. The van der Waals surface area contributed by atoms with Gasteiger partial charge in [0.2, 0.25) is 10.0 Å². The SMILES string of the molecule is COc1ccc(C(=O)OCc2cc(=O)n3ccccc3n2)cc1S(=O)(=O)N1C[C@H](C)C[C@H](C)C1. The smallest absolute Gasteiger partial charge is 0.338 e. The van der Waals surface area contributed by atoms with Gasteiger partial charge in [0.1, 0.15) is 22.9 Å². The van der Waals surface area contributed by atoms with E-state index in [2.05, 4.69) is 4.98 Å². The number of fused-ring (bicyclic) bond motifs is 1. The van der Waals surface area contributed by atoms with Gasteiger partial charge in [-0.15, -0.1) is 0 Å². The lowest BCUT2D eigenvalue weighted by molar-refractivity contribution is 0.0467. The Morgan fingerprint density at radius 2 is 1.85 bits per heavy atom. The molecule has 34 heavy (non-hydrogen) atoms. The molecule has 3 heterocycles. The molecule has 3 aromatic rings. The van der Waals surface area contributed by atoms with Gasteiger partial charge in [0.05, 0.1) is 18.4 Å². The van der Waals surface area contributed by atoms with Gasteiger partial charge >= 0.3 is 5.97 Å². The van der Waals surface area contributed by atoms with Crippen molar-refractivity contribution in [3.8, 4) is 5.75 Å². The Hall–Kier alpha value is -3.24. The normalized spacial score (nSPS) is 19.1. The van der Waals surface area contributed by atoms with Crippen molar-refractivity contribution >= 4 is 21.6 Å². The molecule has 1 saturated heterocycles. The number of esters is 1. The standard InChI is InChI=1S/C24H27N3O6S/c1-16-10-17(2)14-26(13-16)34(30,31)21-11-18(7-8-20(21)32-3)24(29)33-15-19-12-23(28)27-9-5-4-6-22(27)25-19/h4-9,11-12,16-17H,10,13-15H2,1-3H3/t16-,17+. The van der Waals surface area contributed by atoms with Crippen LogP contribution in [0.3, 0.4) is 0 Å². The van der Waals surface area contributed by atoms with Crippen molar-refractivity contribution in [2.45, 2.75) is 31.8 Å². The number of benzene rings is 1. The summed E-state index contributed by atoms with van der Waals surface area (Å²) in [6.07, 6.45) is 2.56. The van der Waals surface area contributed by atoms with E-state index < -0.39 is 16.0 Å². The van der Waals surface area contributed by atoms with Gasteiger partial charge in [0.15, 0.2) is 0 Å². The number of methoxy groups -OCH3 is 1. The molecule has 0 unspecified atom stereocenters. The van der Waals surface area contributed by atoms with Crippen LogP contribution in [-0.4, -0.2) is 48.3 Å². The fourth-order valence-electron chi connectivity index (χ4n) is 4.35. The van der Waals surface area contributed by atoms with Crippen LogP contribution < -0.4 is 10.3 Å². The van der Waals surface area contributed by atoms with Crippen molar-refractivity contribution in [1.82, 2.24) is 13.7 Å². The molecule has 4 rings (SSSR count). The molecule has 9 nitrogen and oxygen atoms in total. The monoisotopic (exact) mass is 485 g/mol. The van der Waals surface area contributed by atoms with E-state index in [1.54, 1.807) is 24.4 Å². The summed E-state index contributed by atoms with van der Waals surface area (Å²) in [6.45, 7) is 4.64. The minimum absolute atomic E-state index is 0.0648. The molecular formula is C24H27N3O6S. The second-order valence-corrected chi connectivity index (χ2v) is 10.6. The predicted octanol–water partition coefficient (Wildman–Crippen LogP) is 2.73. The number of sulfonamides is 1. The van der Waals surface area contributed by atoms with Crippen molar-refractivity contribution in [3.05, 3.63) is 70.3 Å². The number of piperidine rings is 1. The predicted molar refractivity (Wildman–Crippen MR) is 125 cm³/mol. The molecule has 1 aromatic carbocycles. The van der Waals surface area contributed by atoms with Gasteiger partial charge in [0.25, 0.3) is 5.56 Å². The van der Waals surface area contributed by atoms with Crippen LogP contribution in [0.15, 0.2) is 58.4 Å². The zero-order chi connectivity index (χ0) is 24.5. The Bertz CT molecular complexity index is 1370. The number of rotatable bonds is 6. The Labute approximate surface area is 198 Å². The number of ether oxygens (including phenoxy) is 2. The third kappa shape index (κ3) is 4.83. The number of hydrogen-bond donors (Lipinski definition) is 0. The molecule has 0 amide bonds. The lowest BCUT2D eigenvalue weighted by Gasteiger charge is -2.34. The summed E-state index contributed by atoms with van der Waals surface area (Å²) in [4.78, 5) is 29.2. The van der Waals surface area contributed by atoms with E-state index in [1.807, 2.05) is 13.8 Å². The van der Waals surface area contributed by atoms with E-state index >= 15 is 0 Å². The van der Waals surface area contributed by atoms with Gasteiger partial charge in [-0.1, -0.05) is 19.9 Å². The average molecular weight is 486 g/mol. The summed E-state index contributed by atoms with van der Waals surface area (Å²) in [5, 5.41) is 0. The molecule has 2 aromatic heterocycles. The molecule has 180 valence electrons.